The Bertz CT molecular complexity index is 1030. The minimum Gasteiger partial charge on any atom is -0.495 e. The summed E-state index contributed by atoms with van der Waals surface area (Å²) in [6.07, 6.45) is 1.35. The Morgan fingerprint density at radius 3 is 2.59 bits per heavy atom. The number of amides is 1. The molecule has 0 atom stereocenters. The Hall–Kier alpha value is -3.85. The molecular formula is C21H15FN2O3. The Labute approximate surface area is 155 Å². The number of nitriles is 1. The van der Waals surface area contributed by atoms with Gasteiger partial charge in [0.15, 0.2) is 0 Å². The molecule has 0 radical (unpaired) electrons. The summed E-state index contributed by atoms with van der Waals surface area (Å²) >= 11 is 0. The van der Waals surface area contributed by atoms with Crippen molar-refractivity contribution in [3.8, 4) is 23.1 Å². The maximum atomic E-state index is 13.0. The topological polar surface area (TPSA) is 75.3 Å². The lowest BCUT2D eigenvalue weighted by Crippen LogP contribution is -2.14. The number of hydrogen-bond donors (Lipinski definition) is 1. The second-order valence-electron chi connectivity index (χ2n) is 5.53. The summed E-state index contributed by atoms with van der Waals surface area (Å²) in [4.78, 5) is 12.4. The molecule has 0 saturated heterocycles. The number of carbonyl (C=O) groups is 1. The van der Waals surface area contributed by atoms with Gasteiger partial charge in [0.1, 0.15) is 34.7 Å². The SMILES string of the molecule is COc1ccccc1NC(=O)/C(C#N)=C/c1ccc(-c2ccc(F)cc2)o1. The minimum absolute atomic E-state index is 0.124. The van der Waals surface area contributed by atoms with Crippen molar-refractivity contribution in [3.63, 3.8) is 0 Å². The highest BCUT2D eigenvalue weighted by Gasteiger charge is 2.13. The second kappa shape index (κ2) is 8.02. The van der Waals surface area contributed by atoms with E-state index >= 15 is 0 Å². The lowest BCUT2D eigenvalue weighted by atomic mass is 10.2. The van der Waals surface area contributed by atoms with Gasteiger partial charge in [-0.1, -0.05) is 12.1 Å². The van der Waals surface area contributed by atoms with Crippen LogP contribution in [-0.4, -0.2) is 13.0 Å². The number of furan rings is 1. The first kappa shape index (κ1) is 18.0. The average Bonchev–Trinajstić information content (AvgIpc) is 3.15. The van der Waals surface area contributed by atoms with Crippen molar-refractivity contribution in [1.29, 1.82) is 5.26 Å². The number of halogens is 1. The van der Waals surface area contributed by atoms with Crippen LogP contribution >= 0.6 is 0 Å². The van der Waals surface area contributed by atoms with E-state index in [1.807, 2.05) is 6.07 Å². The van der Waals surface area contributed by atoms with Crippen molar-refractivity contribution in [2.45, 2.75) is 0 Å². The van der Waals surface area contributed by atoms with Crippen LogP contribution in [0.3, 0.4) is 0 Å². The maximum Gasteiger partial charge on any atom is 0.266 e. The fourth-order valence-corrected chi connectivity index (χ4v) is 2.43. The molecular weight excluding hydrogens is 347 g/mol. The Morgan fingerprint density at radius 2 is 1.89 bits per heavy atom. The van der Waals surface area contributed by atoms with Crippen LogP contribution < -0.4 is 10.1 Å². The summed E-state index contributed by atoms with van der Waals surface area (Å²) in [7, 11) is 1.49. The molecule has 0 saturated carbocycles. The summed E-state index contributed by atoms with van der Waals surface area (Å²) < 4.78 is 23.8. The van der Waals surface area contributed by atoms with Gasteiger partial charge in [-0.15, -0.1) is 0 Å². The van der Waals surface area contributed by atoms with Crippen molar-refractivity contribution >= 4 is 17.7 Å². The van der Waals surface area contributed by atoms with E-state index in [0.29, 0.717) is 28.5 Å². The molecule has 5 nitrogen and oxygen atoms in total. The number of hydrogen-bond acceptors (Lipinski definition) is 4. The van der Waals surface area contributed by atoms with E-state index in [0.717, 1.165) is 0 Å². The third kappa shape index (κ3) is 4.22. The number of benzene rings is 2. The zero-order valence-electron chi connectivity index (χ0n) is 14.4. The first-order valence-electron chi connectivity index (χ1n) is 8.02. The monoisotopic (exact) mass is 362 g/mol. The number of rotatable bonds is 5. The van der Waals surface area contributed by atoms with E-state index in [9.17, 15) is 14.4 Å². The molecule has 0 aliphatic heterocycles. The van der Waals surface area contributed by atoms with Crippen molar-refractivity contribution in [2.75, 3.05) is 12.4 Å². The molecule has 0 aliphatic rings. The van der Waals surface area contributed by atoms with Crippen molar-refractivity contribution in [2.24, 2.45) is 0 Å². The number of nitrogens with zero attached hydrogens (tertiary/aromatic N) is 1. The molecule has 1 aromatic heterocycles. The predicted molar refractivity (Wildman–Crippen MR) is 99.3 cm³/mol. The smallest absolute Gasteiger partial charge is 0.266 e. The molecule has 0 bridgehead atoms. The molecule has 27 heavy (non-hydrogen) atoms. The fourth-order valence-electron chi connectivity index (χ4n) is 2.43. The highest BCUT2D eigenvalue weighted by molar-refractivity contribution is 6.10. The normalized spacial score (nSPS) is 10.9. The van der Waals surface area contributed by atoms with Crippen molar-refractivity contribution in [1.82, 2.24) is 0 Å². The van der Waals surface area contributed by atoms with Crippen molar-refractivity contribution < 1.29 is 18.3 Å². The summed E-state index contributed by atoms with van der Waals surface area (Å²) in [6.45, 7) is 0. The zero-order valence-corrected chi connectivity index (χ0v) is 14.4. The molecule has 1 N–H and O–H groups in total. The van der Waals surface area contributed by atoms with Gasteiger partial charge in [0, 0.05) is 11.6 Å². The third-order valence-electron chi connectivity index (χ3n) is 3.76. The van der Waals surface area contributed by atoms with Crippen LogP contribution in [0.2, 0.25) is 0 Å². The van der Waals surface area contributed by atoms with E-state index in [1.165, 1.54) is 25.3 Å². The maximum absolute atomic E-state index is 13.0. The third-order valence-corrected chi connectivity index (χ3v) is 3.76. The minimum atomic E-state index is -0.582. The van der Waals surface area contributed by atoms with Gasteiger partial charge in [-0.05, 0) is 48.5 Å². The Balaban J connectivity index is 1.81. The summed E-state index contributed by atoms with van der Waals surface area (Å²) in [6, 6.07) is 17.9. The highest BCUT2D eigenvalue weighted by atomic mass is 19.1. The van der Waals surface area contributed by atoms with Crippen LogP contribution in [0.1, 0.15) is 5.76 Å². The van der Waals surface area contributed by atoms with Gasteiger partial charge in [0.25, 0.3) is 5.91 Å². The number of ether oxygens (including phenoxy) is 1. The predicted octanol–water partition coefficient (Wildman–Crippen LogP) is 4.64. The Kier molecular flexibility index (Phi) is 5.33. The van der Waals surface area contributed by atoms with Crippen molar-refractivity contribution in [3.05, 3.63) is 77.8 Å². The van der Waals surface area contributed by atoms with Crippen LogP contribution in [0.15, 0.2) is 70.7 Å². The van der Waals surface area contributed by atoms with E-state index in [-0.39, 0.29) is 11.4 Å². The number of anilines is 1. The molecule has 0 aliphatic carbocycles. The first-order valence-corrected chi connectivity index (χ1v) is 8.02. The van der Waals surface area contributed by atoms with Crippen LogP contribution in [0, 0.1) is 17.1 Å². The van der Waals surface area contributed by atoms with Gasteiger partial charge in [0.05, 0.1) is 12.8 Å². The van der Waals surface area contributed by atoms with E-state index in [4.69, 9.17) is 9.15 Å². The largest absolute Gasteiger partial charge is 0.495 e. The van der Waals surface area contributed by atoms with Gasteiger partial charge < -0.3 is 14.5 Å². The molecule has 1 heterocycles. The molecule has 1 amide bonds. The van der Waals surface area contributed by atoms with Crippen LogP contribution in [0.25, 0.3) is 17.4 Å². The molecule has 0 fully saturated rings. The average molecular weight is 362 g/mol. The Morgan fingerprint density at radius 1 is 1.15 bits per heavy atom. The lowest BCUT2D eigenvalue weighted by molar-refractivity contribution is -0.112. The van der Waals surface area contributed by atoms with Gasteiger partial charge in [-0.2, -0.15) is 5.26 Å². The van der Waals surface area contributed by atoms with Crippen LogP contribution in [0.4, 0.5) is 10.1 Å². The second-order valence-corrected chi connectivity index (χ2v) is 5.53. The summed E-state index contributed by atoms with van der Waals surface area (Å²) in [5, 5.41) is 12.0. The summed E-state index contributed by atoms with van der Waals surface area (Å²) in [5.74, 6) is 0.399. The number of methoxy groups -OCH3 is 1. The van der Waals surface area contributed by atoms with Gasteiger partial charge in [-0.3, -0.25) is 4.79 Å². The molecule has 2 aromatic carbocycles. The first-order chi connectivity index (χ1) is 13.1. The lowest BCUT2D eigenvalue weighted by Gasteiger charge is -2.08. The molecule has 6 heteroatoms. The van der Waals surface area contributed by atoms with Gasteiger partial charge in [-0.25, -0.2) is 4.39 Å². The van der Waals surface area contributed by atoms with Crippen LogP contribution in [0.5, 0.6) is 5.75 Å². The zero-order chi connectivity index (χ0) is 19.2. The van der Waals surface area contributed by atoms with E-state index in [2.05, 4.69) is 5.32 Å². The molecule has 3 rings (SSSR count). The van der Waals surface area contributed by atoms with E-state index in [1.54, 1.807) is 48.5 Å². The number of carbonyl (C=O) groups excluding carboxylic acids is 1. The quantitative estimate of drug-likeness (QED) is 0.530. The molecule has 0 unspecified atom stereocenters. The molecule has 134 valence electrons. The van der Waals surface area contributed by atoms with Crippen LogP contribution in [-0.2, 0) is 4.79 Å². The fraction of sp³-hybridized carbons (Fsp3) is 0.0476. The number of nitrogens with one attached hydrogen (secondary N) is 1. The molecule has 0 spiro atoms. The molecule has 3 aromatic rings. The van der Waals surface area contributed by atoms with Gasteiger partial charge in [0.2, 0.25) is 0 Å². The standard InChI is InChI=1S/C21H15FN2O3/c1-26-20-5-3-2-4-18(20)24-21(25)15(13-23)12-17-10-11-19(27-17)14-6-8-16(22)9-7-14/h2-12H,1H3,(H,24,25)/b15-12+. The summed E-state index contributed by atoms with van der Waals surface area (Å²) in [5.41, 5.74) is 1.02. The number of para-hydroxylation sites is 2. The highest BCUT2D eigenvalue weighted by Crippen LogP contribution is 2.25. The van der Waals surface area contributed by atoms with Gasteiger partial charge >= 0.3 is 0 Å². The van der Waals surface area contributed by atoms with E-state index < -0.39 is 5.91 Å².